The van der Waals surface area contributed by atoms with E-state index < -0.39 is 11.4 Å². The first-order chi connectivity index (χ1) is 8.89. The normalized spacial score (nSPS) is 11.4. The minimum atomic E-state index is -0.719. The van der Waals surface area contributed by atoms with E-state index in [0.717, 1.165) is 12.8 Å². The molecular formula is C13H21N3O3. The highest BCUT2D eigenvalue weighted by atomic mass is 16.3. The van der Waals surface area contributed by atoms with Crippen LogP contribution >= 0.6 is 0 Å². The predicted molar refractivity (Wildman–Crippen MR) is 72.0 cm³/mol. The molecule has 0 saturated heterocycles. The van der Waals surface area contributed by atoms with Gasteiger partial charge in [0.15, 0.2) is 0 Å². The van der Waals surface area contributed by atoms with Gasteiger partial charge >= 0.3 is 0 Å². The summed E-state index contributed by atoms with van der Waals surface area (Å²) in [6, 6.07) is 2.73. The standard InChI is InChI=1S/C13H21N3O3/c1-4-5-8-16-11(18)7-6-10(15-16)12(19)14-13(2,3)9-17/h6-7,17H,4-5,8-9H2,1-3H3,(H,14,19). The lowest BCUT2D eigenvalue weighted by Crippen LogP contribution is -2.46. The molecule has 1 rings (SSSR count). The Balaban J connectivity index is 2.89. The molecule has 0 bridgehead atoms. The molecule has 106 valence electrons. The quantitative estimate of drug-likeness (QED) is 0.788. The molecule has 0 aliphatic rings. The van der Waals surface area contributed by atoms with Crippen molar-refractivity contribution in [2.45, 2.75) is 45.7 Å². The number of aliphatic hydroxyl groups is 1. The molecule has 0 unspecified atom stereocenters. The Morgan fingerprint density at radius 3 is 2.74 bits per heavy atom. The van der Waals surface area contributed by atoms with E-state index in [0.29, 0.717) is 6.54 Å². The number of nitrogens with zero attached hydrogens (tertiary/aromatic N) is 2. The molecule has 0 atom stereocenters. The van der Waals surface area contributed by atoms with Gasteiger partial charge in [0.25, 0.3) is 11.5 Å². The fraction of sp³-hybridized carbons (Fsp3) is 0.615. The van der Waals surface area contributed by atoms with Gasteiger partial charge in [-0.05, 0) is 26.3 Å². The van der Waals surface area contributed by atoms with Gasteiger partial charge in [-0.2, -0.15) is 5.10 Å². The second-order valence-corrected chi connectivity index (χ2v) is 5.13. The minimum Gasteiger partial charge on any atom is -0.394 e. The van der Waals surface area contributed by atoms with Crippen LogP contribution in [0.25, 0.3) is 0 Å². The maximum absolute atomic E-state index is 12.0. The zero-order chi connectivity index (χ0) is 14.5. The lowest BCUT2D eigenvalue weighted by Gasteiger charge is -2.23. The lowest BCUT2D eigenvalue weighted by molar-refractivity contribution is 0.0861. The van der Waals surface area contributed by atoms with Gasteiger partial charge in [-0.1, -0.05) is 13.3 Å². The van der Waals surface area contributed by atoms with Crippen LogP contribution in [0.5, 0.6) is 0 Å². The Morgan fingerprint density at radius 2 is 2.16 bits per heavy atom. The smallest absolute Gasteiger partial charge is 0.272 e. The highest BCUT2D eigenvalue weighted by Gasteiger charge is 2.21. The van der Waals surface area contributed by atoms with Gasteiger partial charge < -0.3 is 10.4 Å². The van der Waals surface area contributed by atoms with Crippen molar-refractivity contribution in [1.82, 2.24) is 15.1 Å². The lowest BCUT2D eigenvalue weighted by atomic mass is 10.1. The van der Waals surface area contributed by atoms with E-state index in [1.54, 1.807) is 13.8 Å². The van der Waals surface area contributed by atoms with Crippen LogP contribution in [0.15, 0.2) is 16.9 Å². The van der Waals surface area contributed by atoms with Crippen molar-refractivity contribution < 1.29 is 9.90 Å². The molecule has 1 amide bonds. The zero-order valence-corrected chi connectivity index (χ0v) is 11.6. The van der Waals surface area contributed by atoms with Crippen LogP contribution in [-0.4, -0.2) is 32.9 Å². The first-order valence-electron chi connectivity index (χ1n) is 6.41. The highest BCUT2D eigenvalue weighted by Crippen LogP contribution is 2.02. The molecule has 0 fully saturated rings. The summed E-state index contributed by atoms with van der Waals surface area (Å²) >= 11 is 0. The van der Waals surface area contributed by atoms with Gasteiger partial charge in [0, 0.05) is 12.6 Å². The van der Waals surface area contributed by atoms with E-state index in [2.05, 4.69) is 10.4 Å². The Morgan fingerprint density at radius 1 is 1.47 bits per heavy atom. The van der Waals surface area contributed by atoms with Crippen molar-refractivity contribution in [3.8, 4) is 0 Å². The van der Waals surface area contributed by atoms with Crippen molar-refractivity contribution in [1.29, 1.82) is 0 Å². The highest BCUT2D eigenvalue weighted by molar-refractivity contribution is 5.92. The Bertz CT molecular complexity index is 494. The van der Waals surface area contributed by atoms with Crippen LogP contribution in [0.3, 0.4) is 0 Å². The van der Waals surface area contributed by atoms with Crippen molar-refractivity contribution >= 4 is 5.91 Å². The number of aromatic nitrogens is 2. The number of carbonyl (C=O) groups is 1. The SMILES string of the molecule is CCCCn1nc(C(=O)NC(C)(C)CO)ccc1=O. The van der Waals surface area contributed by atoms with Gasteiger partial charge in [-0.25, -0.2) is 4.68 Å². The molecule has 2 N–H and O–H groups in total. The molecule has 1 aromatic heterocycles. The number of unbranched alkanes of at least 4 members (excludes halogenated alkanes) is 1. The van der Waals surface area contributed by atoms with Crippen molar-refractivity contribution in [3.05, 3.63) is 28.2 Å². The van der Waals surface area contributed by atoms with Crippen LogP contribution in [0, 0.1) is 0 Å². The van der Waals surface area contributed by atoms with E-state index in [9.17, 15) is 9.59 Å². The number of aryl methyl sites for hydroxylation is 1. The number of aliphatic hydroxyl groups excluding tert-OH is 1. The summed E-state index contributed by atoms with van der Waals surface area (Å²) in [6.45, 7) is 5.76. The molecule has 6 heteroatoms. The molecule has 0 aliphatic carbocycles. The summed E-state index contributed by atoms with van der Waals surface area (Å²) in [5.74, 6) is -0.399. The van der Waals surface area contributed by atoms with Crippen LogP contribution in [0.2, 0.25) is 0 Å². The monoisotopic (exact) mass is 267 g/mol. The van der Waals surface area contributed by atoms with Crippen molar-refractivity contribution in [3.63, 3.8) is 0 Å². The molecule has 0 radical (unpaired) electrons. The van der Waals surface area contributed by atoms with Gasteiger partial charge in [0.1, 0.15) is 5.69 Å². The van der Waals surface area contributed by atoms with E-state index in [4.69, 9.17) is 5.11 Å². The number of hydrogen-bond donors (Lipinski definition) is 2. The number of nitrogens with one attached hydrogen (secondary N) is 1. The topological polar surface area (TPSA) is 84.2 Å². The second kappa shape index (κ2) is 6.47. The third kappa shape index (κ3) is 4.48. The Labute approximate surface area is 112 Å². The average Bonchev–Trinajstić information content (AvgIpc) is 2.37. The molecule has 0 spiro atoms. The number of amides is 1. The van der Waals surface area contributed by atoms with E-state index in [1.807, 2.05) is 6.92 Å². The summed E-state index contributed by atoms with van der Waals surface area (Å²) in [7, 11) is 0. The van der Waals surface area contributed by atoms with Crippen LogP contribution in [-0.2, 0) is 6.54 Å². The molecular weight excluding hydrogens is 246 g/mol. The number of carbonyl (C=O) groups excluding carboxylic acids is 1. The van der Waals surface area contributed by atoms with Crippen LogP contribution in [0.4, 0.5) is 0 Å². The van der Waals surface area contributed by atoms with E-state index in [1.165, 1.54) is 16.8 Å². The summed E-state index contributed by atoms with van der Waals surface area (Å²) in [5.41, 5.74) is -0.757. The summed E-state index contributed by atoms with van der Waals surface area (Å²) in [6.07, 6.45) is 1.78. The maximum atomic E-state index is 12.0. The van der Waals surface area contributed by atoms with Gasteiger partial charge in [-0.15, -0.1) is 0 Å². The maximum Gasteiger partial charge on any atom is 0.272 e. The van der Waals surface area contributed by atoms with Gasteiger partial charge in [0.05, 0.1) is 12.1 Å². The minimum absolute atomic E-state index is 0.172. The van der Waals surface area contributed by atoms with Crippen molar-refractivity contribution in [2.75, 3.05) is 6.61 Å². The molecule has 0 saturated carbocycles. The first kappa shape index (κ1) is 15.4. The fourth-order valence-corrected chi connectivity index (χ4v) is 1.45. The molecule has 6 nitrogen and oxygen atoms in total. The molecule has 1 aromatic rings. The van der Waals surface area contributed by atoms with Crippen molar-refractivity contribution in [2.24, 2.45) is 0 Å². The van der Waals surface area contributed by atoms with Crippen LogP contribution in [0.1, 0.15) is 44.1 Å². The summed E-state index contributed by atoms with van der Waals surface area (Å²) in [5, 5.41) is 15.8. The predicted octanol–water partition coefficient (Wildman–Crippen LogP) is 0.544. The Hall–Kier alpha value is -1.69. The molecule has 0 aliphatic heterocycles. The largest absolute Gasteiger partial charge is 0.394 e. The first-order valence-corrected chi connectivity index (χ1v) is 6.41. The van der Waals surface area contributed by atoms with Gasteiger partial charge in [0.2, 0.25) is 0 Å². The number of rotatable bonds is 6. The molecule has 0 aromatic carbocycles. The molecule has 19 heavy (non-hydrogen) atoms. The fourth-order valence-electron chi connectivity index (χ4n) is 1.45. The second-order valence-electron chi connectivity index (χ2n) is 5.13. The third-order valence-corrected chi connectivity index (χ3v) is 2.67. The third-order valence-electron chi connectivity index (χ3n) is 2.67. The van der Waals surface area contributed by atoms with Gasteiger partial charge in [-0.3, -0.25) is 9.59 Å². The molecule has 1 heterocycles. The zero-order valence-electron chi connectivity index (χ0n) is 11.6. The van der Waals surface area contributed by atoms with Crippen LogP contribution < -0.4 is 10.9 Å². The summed E-state index contributed by atoms with van der Waals surface area (Å²) < 4.78 is 1.30. The van der Waals surface area contributed by atoms with E-state index >= 15 is 0 Å². The van der Waals surface area contributed by atoms with E-state index in [-0.39, 0.29) is 17.9 Å². The summed E-state index contributed by atoms with van der Waals surface area (Å²) in [4.78, 5) is 23.5. The Kier molecular flexibility index (Phi) is 5.23. The number of hydrogen-bond acceptors (Lipinski definition) is 4. The average molecular weight is 267 g/mol.